The van der Waals surface area contributed by atoms with Crippen LogP contribution in [0.2, 0.25) is 0 Å². The Morgan fingerprint density at radius 3 is 2.68 bits per heavy atom. The van der Waals surface area contributed by atoms with Crippen LogP contribution in [0.5, 0.6) is 0 Å². The van der Waals surface area contributed by atoms with Crippen LogP contribution in [0.15, 0.2) is 28.4 Å². The molecule has 0 saturated heterocycles. The van der Waals surface area contributed by atoms with Crippen molar-refractivity contribution in [3.8, 4) is 0 Å². The summed E-state index contributed by atoms with van der Waals surface area (Å²) in [6.45, 7) is 14.1. The highest BCUT2D eigenvalue weighted by Crippen LogP contribution is 2.60. The van der Waals surface area contributed by atoms with Gasteiger partial charge >= 0.3 is 6.03 Å². The third kappa shape index (κ3) is 5.48. The Morgan fingerprint density at radius 1 is 1.29 bits per heavy atom. The predicted octanol–water partition coefficient (Wildman–Crippen LogP) is 6.34. The Bertz CT molecular complexity index is 659. The van der Waals surface area contributed by atoms with Crippen molar-refractivity contribution in [2.45, 2.75) is 92.9 Å². The first-order valence-electron chi connectivity index (χ1n) is 11.0. The molecule has 2 amide bonds. The van der Waals surface area contributed by atoms with Crippen LogP contribution in [0.1, 0.15) is 92.9 Å². The monoisotopic (exact) mass is 387 g/mol. The second kappa shape index (κ2) is 9.28. The van der Waals surface area contributed by atoms with Crippen LogP contribution in [-0.2, 0) is 0 Å². The number of hydrogen-bond acceptors (Lipinski definition) is 2. The number of rotatable bonds is 7. The average molecular weight is 388 g/mol. The summed E-state index contributed by atoms with van der Waals surface area (Å²) < 4.78 is 0. The first kappa shape index (κ1) is 22.7. The summed E-state index contributed by atoms with van der Waals surface area (Å²) in [4.78, 5) is 10.7. The second-order valence-corrected chi connectivity index (χ2v) is 10.1. The van der Waals surface area contributed by atoms with E-state index in [1.807, 2.05) is 6.92 Å². The molecule has 0 spiro atoms. The Morgan fingerprint density at radius 2 is 2.00 bits per heavy atom. The van der Waals surface area contributed by atoms with Gasteiger partial charge in [-0.05, 0) is 88.4 Å². The largest absolute Gasteiger partial charge is 0.350 e. The van der Waals surface area contributed by atoms with Crippen LogP contribution in [0.3, 0.4) is 0 Å². The van der Waals surface area contributed by atoms with E-state index < -0.39 is 6.03 Å². The molecule has 3 N–H and O–H groups in total. The minimum atomic E-state index is -0.611. The van der Waals surface area contributed by atoms with E-state index in [-0.39, 0.29) is 0 Å². The fraction of sp³-hybridized carbons (Fsp3) is 0.750. The van der Waals surface area contributed by atoms with E-state index in [1.54, 1.807) is 5.57 Å². The highest BCUT2D eigenvalue weighted by Gasteiger charge is 2.51. The van der Waals surface area contributed by atoms with Crippen molar-refractivity contribution in [1.29, 1.82) is 0 Å². The van der Waals surface area contributed by atoms with E-state index in [2.05, 4.69) is 57.3 Å². The number of nitrogens with one attached hydrogen (secondary N) is 1. The number of hydrazone groups is 1. The zero-order valence-electron chi connectivity index (χ0n) is 18.9. The van der Waals surface area contributed by atoms with Crippen LogP contribution in [0, 0.1) is 22.7 Å². The molecule has 0 unspecified atom stereocenters. The standard InChI is InChI=1S/C24H41N3O/c1-17(9-7-10-19(3)26-27-22(25)28)11-13-20-18(2)12-14-21-23(4,5)15-8-16-24(20,21)6/h9,12,20-21H,7-8,10-11,13-16H2,1-6H3,(H3,25,27,28)/b17-9+,26-19+/t20-,21+,24-/m0/s1. The van der Waals surface area contributed by atoms with Gasteiger partial charge in [-0.25, -0.2) is 10.2 Å². The van der Waals surface area contributed by atoms with Crippen LogP contribution in [0.4, 0.5) is 4.79 Å². The summed E-state index contributed by atoms with van der Waals surface area (Å²) in [5.74, 6) is 1.51. The molecular formula is C24H41N3O. The Balaban J connectivity index is 1.95. The molecule has 2 aliphatic carbocycles. The molecule has 0 radical (unpaired) electrons. The predicted molar refractivity (Wildman–Crippen MR) is 119 cm³/mol. The molecule has 28 heavy (non-hydrogen) atoms. The lowest BCUT2D eigenvalue weighted by molar-refractivity contribution is -0.0390. The molecule has 0 aromatic rings. The minimum absolute atomic E-state index is 0.449. The van der Waals surface area contributed by atoms with Gasteiger partial charge in [0.1, 0.15) is 0 Å². The number of allylic oxidation sites excluding steroid dienone is 4. The van der Waals surface area contributed by atoms with Crippen molar-refractivity contribution in [3.63, 3.8) is 0 Å². The number of urea groups is 1. The first-order chi connectivity index (χ1) is 13.1. The van der Waals surface area contributed by atoms with E-state index in [1.165, 1.54) is 37.7 Å². The van der Waals surface area contributed by atoms with Crippen molar-refractivity contribution in [2.75, 3.05) is 0 Å². The summed E-state index contributed by atoms with van der Waals surface area (Å²) in [6, 6.07) is -0.611. The molecule has 2 rings (SSSR count). The third-order valence-electron chi connectivity index (χ3n) is 7.48. The lowest BCUT2D eigenvalue weighted by Crippen LogP contribution is -2.48. The van der Waals surface area contributed by atoms with Gasteiger partial charge in [0.2, 0.25) is 0 Å². The molecule has 0 aliphatic heterocycles. The summed E-state index contributed by atoms with van der Waals surface area (Å²) >= 11 is 0. The molecular weight excluding hydrogens is 346 g/mol. The van der Waals surface area contributed by atoms with Crippen molar-refractivity contribution < 1.29 is 4.79 Å². The Hall–Kier alpha value is -1.58. The van der Waals surface area contributed by atoms with Crippen molar-refractivity contribution in [1.82, 2.24) is 5.43 Å². The third-order valence-corrected chi connectivity index (χ3v) is 7.48. The molecule has 0 heterocycles. The Kier molecular flexibility index (Phi) is 7.52. The van der Waals surface area contributed by atoms with Crippen molar-refractivity contribution in [2.24, 2.45) is 33.5 Å². The average Bonchev–Trinajstić information content (AvgIpc) is 2.58. The maximum atomic E-state index is 10.7. The summed E-state index contributed by atoms with van der Waals surface area (Å²) in [5, 5.41) is 3.97. The van der Waals surface area contributed by atoms with Crippen LogP contribution >= 0.6 is 0 Å². The highest BCUT2D eigenvalue weighted by atomic mass is 16.2. The van der Waals surface area contributed by atoms with Crippen LogP contribution in [-0.4, -0.2) is 11.7 Å². The molecule has 4 nitrogen and oxygen atoms in total. The topological polar surface area (TPSA) is 67.5 Å². The van der Waals surface area contributed by atoms with E-state index >= 15 is 0 Å². The van der Waals surface area contributed by atoms with Gasteiger partial charge in [0.15, 0.2) is 0 Å². The van der Waals surface area contributed by atoms with E-state index in [9.17, 15) is 4.79 Å². The molecule has 1 fully saturated rings. The van der Waals surface area contributed by atoms with Gasteiger partial charge in [-0.15, -0.1) is 0 Å². The van der Waals surface area contributed by atoms with Crippen molar-refractivity contribution >= 4 is 11.7 Å². The van der Waals surface area contributed by atoms with Crippen LogP contribution < -0.4 is 11.2 Å². The van der Waals surface area contributed by atoms with Gasteiger partial charge in [0.25, 0.3) is 0 Å². The smallest absolute Gasteiger partial charge is 0.332 e. The number of hydrogen-bond donors (Lipinski definition) is 2. The summed E-state index contributed by atoms with van der Waals surface area (Å²) in [6.07, 6.45) is 14.5. The number of nitrogens with two attached hydrogens (primary N) is 1. The minimum Gasteiger partial charge on any atom is -0.350 e. The fourth-order valence-electron chi connectivity index (χ4n) is 5.90. The van der Waals surface area contributed by atoms with Gasteiger partial charge in [-0.1, -0.05) is 50.5 Å². The maximum Gasteiger partial charge on any atom is 0.332 e. The molecule has 3 atom stereocenters. The van der Waals surface area contributed by atoms with E-state index in [0.29, 0.717) is 16.7 Å². The zero-order valence-corrected chi connectivity index (χ0v) is 18.9. The van der Waals surface area contributed by atoms with Crippen LogP contribution in [0.25, 0.3) is 0 Å². The molecule has 158 valence electrons. The number of nitrogens with zero attached hydrogens (tertiary/aromatic N) is 1. The van der Waals surface area contributed by atoms with Gasteiger partial charge in [0, 0.05) is 5.71 Å². The fourth-order valence-corrected chi connectivity index (χ4v) is 5.90. The molecule has 1 saturated carbocycles. The van der Waals surface area contributed by atoms with Gasteiger partial charge in [-0.3, -0.25) is 0 Å². The lowest BCUT2D eigenvalue weighted by atomic mass is 9.48. The molecule has 0 aromatic carbocycles. The first-order valence-corrected chi connectivity index (χ1v) is 11.0. The van der Waals surface area contributed by atoms with Gasteiger partial charge in [-0.2, -0.15) is 5.10 Å². The normalized spacial score (nSPS) is 30.4. The number of carbonyl (C=O) groups is 1. The molecule has 2 aliphatic rings. The number of amides is 2. The number of carbonyl (C=O) groups excluding carboxylic acids is 1. The zero-order chi connectivity index (χ0) is 20.9. The number of primary amides is 1. The molecule has 0 aromatic heterocycles. The quantitative estimate of drug-likeness (QED) is 0.299. The van der Waals surface area contributed by atoms with Gasteiger partial charge < -0.3 is 5.73 Å². The van der Waals surface area contributed by atoms with Gasteiger partial charge in [0.05, 0.1) is 0 Å². The number of fused-ring (bicyclic) bond motifs is 1. The maximum absolute atomic E-state index is 10.7. The SMILES string of the molecule is CC1=CC[C@@H]2C(C)(C)CCC[C@@]2(C)[C@H]1CC/C(C)=C/CC/C(C)=N/NC(N)=O. The lowest BCUT2D eigenvalue weighted by Gasteiger charge is -2.57. The van der Waals surface area contributed by atoms with E-state index in [0.717, 1.165) is 30.9 Å². The summed E-state index contributed by atoms with van der Waals surface area (Å²) in [5.41, 5.74) is 12.2. The van der Waals surface area contributed by atoms with Crippen molar-refractivity contribution in [3.05, 3.63) is 23.3 Å². The Labute approximate surface area is 172 Å². The van der Waals surface area contributed by atoms with E-state index in [4.69, 9.17) is 5.73 Å². The summed E-state index contributed by atoms with van der Waals surface area (Å²) in [7, 11) is 0. The second-order valence-electron chi connectivity index (χ2n) is 10.1. The highest BCUT2D eigenvalue weighted by molar-refractivity contribution is 5.83. The molecule has 0 bridgehead atoms. The molecule has 4 heteroatoms.